The number of ketones is 1. The maximum absolute atomic E-state index is 12.0. The zero-order valence-corrected chi connectivity index (χ0v) is 11.9. The van der Waals surface area contributed by atoms with Gasteiger partial charge in [-0.15, -0.1) is 0 Å². The Morgan fingerprint density at radius 1 is 1.16 bits per heavy atom. The minimum atomic E-state index is 0.0112. The van der Waals surface area contributed by atoms with Crippen molar-refractivity contribution in [1.82, 2.24) is 0 Å². The van der Waals surface area contributed by atoms with E-state index in [9.17, 15) is 9.90 Å². The van der Waals surface area contributed by atoms with E-state index < -0.39 is 0 Å². The Labute approximate surface area is 115 Å². The van der Waals surface area contributed by atoms with Crippen LogP contribution in [0.3, 0.4) is 0 Å². The van der Waals surface area contributed by atoms with E-state index in [-0.39, 0.29) is 11.5 Å². The highest BCUT2D eigenvalue weighted by Gasteiger charge is 2.11. The van der Waals surface area contributed by atoms with Crippen LogP contribution < -0.4 is 4.74 Å². The van der Waals surface area contributed by atoms with Gasteiger partial charge in [-0.05, 0) is 25.5 Å². The molecule has 3 nitrogen and oxygen atoms in total. The molecular formula is C16H24O3. The van der Waals surface area contributed by atoms with Gasteiger partial charge in [0.1, 0.15) is 11.5 Å². The molecule has 19 heavy (non-hydrogen) atoms. The molecular weight excluding hydrogens is 240 g/mol. The zero-order valence-electron chi connectivity index (χ0n) is 11.9. The Kier molecular flexibility index (Phi) is 7.01. The fourth-order valence-corrected chi connectivity index (χ4v) is 2.03. The SMILES string of the molecule is CCCCCCCC(=O)c1ccc(OCC)cc1O. The van der Waals surface area contributed by atoms with Gasteiger partial charge in [0.05, 0.1) is 12.2 Å². The Morgan fingerprint density at radius 3 is 2.53 bits per heavy atom. The molecule has 0 saturated heterocycles. The van der Waals surface area contributed by atoms with Crippen molar-refractivity contribution < 1.29 is 14.6 Å². The molecule has 0 fully saturated rings. The fraction of sp³-hybridized carbons (Fsp3) is 0.562. The van der Waals surface area contributed by atoms with E-state index in [1.54, 1.807) is 12.1 Å². The average molecular weight is 264 g/mol. The van der Waals surface area contributed by atoms with Gasteiger partial charge in [-0.2, -0.15) is 0 Å². The number of rotatable bonds is 9. The molecule has 0 aliphatic carbocycles. The Morgan fingerprint density at radius 2 is 1.89 bits per heavy atom. The summed E-state index contributed by atoms with van der Waals surface area (Å²) in [6.07, 6.45) is 6.09. The van der Waals surface area contributed by atoms with Gasteiger partial charge < -0.3 is 9.84 Å². The van der Waals surface area contributed by atoms with Crippen LogP contribution >= 0.6 is 0 Å². The van der Waals surface area contributed by atoms with Crippen molar-refractivity contribution in [3.63, 3.8) is 0 Å². The summed E-state index contributed by atoms with van der Waals surface area (Å²) < 4.78 is 5.28. The van der Waals surface area contributed by atoms with Gasteiger partial charge in [0.15, 0.2) is 5.78 Å². The highest BCUT2D eigenvalue weighted by atomic mass is 16.5. The van der Waals surface area contributed by atoms with Crippen molar-refractivity contribution in [2.45, 2.75) is 52.4 Å². The summed E-state index contributed by atoms with van der Waals surface area (Å²) in [6.45, 7) is 4.60. The number of ether oxygens (including phenoxy) is 1. The number of Topliss-reactive ketones (excluding diaryl/α,β-unsaturated/α-hetero) is 1. The molecule has 0 amide bonds. The lowest BCUT2D eigenvalue weighted by Gasteiger charge is -2.07. The fourth-order valence-electron chi connectivity index (χ4n) is 2.03. The van der Waals surface area contributed by atoms with Gasteiger partial charge in [-0.1, -0.05) is 32.6 Å². The maximum atomic E-state index is 12.0. The van der Waals surface area contributed by atoms with Crippen LogP contribution in [0.2, 0.25) is 0 Å². The van der Waals surface area contributed by atoms with Gasteiger partial charge in [-0.25, -0.2) is 0 Å². The van der Waals surface area contributed by atoms with Crippen LogP contribution in [0, 0.1) is 0 Å². The van der Waals surface area contributed by atoms with E-state index >= 15 is 0 Å². The first-order valence-corrected chi connectivity index (χ1v) is 7.18. The molecule has 0 spiro atoms. The molecule has 0 radical (unpaired) electrons. The van der Waals surface area contributed by atoms with E-state index in [1.807, 2.05) is 6.92 Å². The molecule has 0 aliphatic rings. The molecule has 106 valence electrons. The van der Waals surface area contributed by atoms with E-state index in [1.165, 1.54) is 25.3 Å². The van der Waals surface area contributed by atoms with Gasteiger partial charge in [-0.3, -0.25) is 4.79 Å². The van der Waals surface area contributed by atoms with Crippen LogP contribution in [0.5, 0.6) is 11.5 Å². The summed E-state index contributed by atoms with van der Waals surface area (Å²) in [4.78, 5) is 12.0. The standard InChI is InChI=1S/C16H24O3/c1-3-5-6-7-8-9-15(17)14-11-10-13(19-4-2)12-16(14)18/h10-12,18H,3-9H2,1-2H3. The number of carbonyl (C=O) groups is 1. The van der Waals surface area contributed by atoms with Crippen molar-refractivity contribution in [3.8, 4) is 11.5 Å². The van der Waals surface area contributed by atoms with Crippen molar-refractivity contribution in [1.29, 1.82) is 0 Å². The van der Waals surface area contributed by atoms with E-state index in [0.717, 1.165) is 12.8 Å². The highest BCUT2D eigenvalue weighted by molar-refractivity contribution is 5.98. The minimum absolute atomic E-state index is 0.0112. The van der Waals surface area contributed by atoms with Crippen molar-refractivity contribution in [3.05, 3.63) is 23.8 Å². The molecule has 3 heteroatoms. The highest BCUT2D eigenvalue weighted by Crippen LogP contribution is 2.25. The largest absolute Gasteiger partial charge is 0.507 e. The summed E-state index contributed by atoms with van der Waals surface area (Å²) >= 11 is 0. The smallest absolute Gasteiger partial charge is 0.166 e. The minimum Gasteiger partial charge on any atom is -0.507 e. The quantitative estimate of drug-likeness (QED) is 0.533. The number of aromatic hydroxyl groups is 1. The number of carbonyl (C=O) groups excluding carboxylic acids is 1. The van der Waals surface area contributed by atoms with Crippen LogP contribution in [-0.4, -0.2) is 17.5 Å². The molecule has 1 aromatic carbocycles. The average Bonchev–Trinajstić information content (AvgIpc) is 2.39. The lowest BCUT2D eigenvalue weighted by atomic mass is 10.0. The van der Waals surface area contributed by atoms with Gasteiger partial charge in [0.25, 0.3) is 0 Å². The molecule has 0 aromatic heterocycles. The number of hydrogen-bond acceptors (Lipinski definition) is 3. The van der Waals surface area contributed by atoms with Crippen molar-refractivity contribution in [2.24, 2.45) is 0 Å². The summed E-state index contributed by atoms with van der Waals surface area (Å²) in [6, 6.07) is 4.88. The molecule has 1 N–H and O–H groups in total. The second-order valence-corrected chi connectivity index (χ2v) is 4.70. The maximum Gasteiger partial charge on any atom is 0.166 e. The van der Waals surface area contributed by atoms with Gasteiger partial charge >= 0.3 is 0 Å². The van der Waals surface area contributed by atoms with Crippen molar-refractivity contribution >= 4 is 5.78 Å². The number of phenolic OH excluding ortho intramolecular Hbond substituents is 1. The number of hydrogen-bond donors (Lipinski definition) is 1. The van der Waals surface area contributed by atoms with Crippen LogP contribution in [0.25, 0.3) is 0 Å². The van der Waals surface area contributed by atoms with Crippen LogP contribution in [-0.2, 0) is 0 Å². The first-order chi connectivity index (χ1) is 9.19. The Balaban J connectivity index is 2.48. The Bertz CT molecular complexity index is 399. The predicted octanol–water partition coefficient (Wildman–Crippen LogP) is 4.33. The molecule has 0 saturated carbocycles. The Hall–Kier alpha value is -1.51. The van der Waals surface area contributed by atoms with E-state index in [2.05, 4.69) is 6.92 Å². The third kappa shape index (κ3) is 5.33. The monoisotopic (exact) mass is 264 g/mol. The van der Waals surface area contributed by atoms with E-state index in [4.69, 9.17) is 4.74 Å². The number of benzene rings is 1. The van der Waals surface area contributed by atoms with Crippen molar-refractivity contribution in [2.75, 3.05) is 6.61 Å². The first kappa shape index (κ1) is 15.5. The molecule has 1 aromatic rings. The third-order valence-electron chi connectivity index (χ3n) is 3.09. The molecule has 0 atom stereocenters. The summed E-state index contributed by atoms with van der Waals surface area (Å²) in [5, 5.41) is 9.83. The molecule has 0 aliphatic heterocycles. The second kappa shape index (κ2) is 8.57. The topological polar surface area (TPSA) is 46.5 Å². The lowest BCUT2D eigenvalue weighted by molar-refractivity contribution is 0.0976. The third-order valence-corrected chi connectivity index (χ3v) is 3.09. The van der Waals surface area contributed by atoms with Crippen LogP contribution in [0.1, 0.15) is 62.7 Å². The molecule has 0 heterocycles. The van der Waals surface area contributed by atoms with Crippen LogP contribution in [0.15, 0.2) is 18.2 Å². The predicted molar refractivity (Wildman–Crippen MR) is 77.0 cm³/mol. The van der Waals surface area contributed by atoms with Crippen LogP contribution in [0.4, 0.5) is 0 Å². The number of phenols is 1. The normalized spacial score (nSPS) is 10.4. The first-order valence-electron chi connectivity index (χ1n) is 7.18. The zero-order chi connectivity index (χ0) is 14.1. The van der Waals surface area contributed by atoms with Gasteiger partial charge in [0.2, 0.25) is 0 Å². The molecule has 0 bridgehead atoms. The second-order valence-electron chi connectivity index (χ2n) is 4.70. The lowest BCUT2D eigenvalue weighted by Crippen LogP contribution is -2.00. The van der Waals surface area contributed by atoms with E-state index in [0.29, 0.717) is 24.3 Å². The summed E-state index contributed by atoms with van der Waals surface area (Å²) in [5.41, 5.74) is 0.402. The number of unbranched alkanes of at least 4 members (excludes halogenated alkanes) is 4. The molecule has 1 rings (SSSR count). The summed E-state index contributed by atoms with van der Waals surface area (Å²) in [7, 11) is 0. The molecule has 0 unspecified atom stereocenters. The van der Waals surface area contributed by atoms with Gasteiger partial charge in [0, 0.05) is 12.5 Å². The summed E-state index contributed by atoms with van der Waals surface area (Å²) in [5.74, 6) is 0.626.